The van der Waals surface area contributed by atoms with Gasteiger partial charge < -0.3 is 14.7 Å². The zero-order chi connectivity index (χ0) is 18.4. The standard InChI is InChI=1S/C19H27N5O2/c1-14(2)13-24-11-7-16(8-12-24)21-17(25)3-4-18-22-19(23-26-18)15-5-9-20-10-6-15/h5-6,9-10,14,16H,3-4,7-8,11-13H2,1-2H3,(H,21,25). The molecule has 0 atom stereocenters. The molecule has 0 saturated carbocycles. The number of carbonyl (C=O) groups excluding carboxylic acids is 1. The smallest absolute Gasteiger partial charge is 0.227 e. The van der Waals surface area contributed by atoms with E-state index in [1.165, 1.54) is 0 Å². The van der Waals surface area contributed by atoms with Crippen molar-refractivity contribution in [2.75, 3.05) is 19.6 Å². The molecule has 1 N–H and O–H groups in total. The zero-order valence-electron chi connectivity index (χ0n) is 15.5. The van der Waals surface area contributed by atoms with Crippen molar-refractivity contribution in [3.8, 4) is 11.4 Å². The molecular formula is C19H27N5O2. The molecule has 26 heavy (non-hydrogen) atoms. The van der Waals surface area contributed by atoms with Gasteiger partial charge in [0.1, 0.15) is 0 Å². The van der Waals surface area contributed by atoms with Gasteiger partial charge in [-0.05, 0) is 30.9 Å². The molecule has 0 spiro atoms. The van der Waals surface area contributed by atoms with Crippen molar-refractivity contribution in [1.29, 1.82) is 0 Å². The first-order valence-electron chi connectivity index (χ1n) is 9.35. The summed E-state index contributed by atoms with van der Waals surface area (Å²) in [5, 5.41) is 7.10. The van der Waals surface area contributed by atoms with Gasteiger partial charge in [-0.15, -0.1) is 0 Å². The molecular weight excluding hydrogens is 330 g/mol. The van der Waals surface area contributed by atoms with Gasteiger partial charge in [0, 0.05) is 56.5 Å². The molecule has 1 aliphatic heterocycles. The minimum Gasteiger partial charge on any atom is -0.353 e. The lowest BCUT2D eigenvalue weighted by molar-refractivity contribution is -0.122. The van der Waals surface area contributed by atoms with Crippen LogP contribution in [0.2, 0.25) is 0 Å². The Morgan fingerprint density at radius 3 is 2.73 bits per heavy atom. The lowest BCUT2D eigenvalue weighted by Crippen LogP contribution is -2.45. The van der Waals surface area contributed by atoms with E-state index in [0.717, 1.165) is 38.0 Å². The fourth-order valence-corrected chi connectivity index (χ4v) is 3.27. The summed E-state index contributed by atoms with van der Waals surface area (Å²) in [4.78, 5) is 23.0. The van der Waals surface area contributed by atoms with E-state index in [-0.39, 0.29) is 11.9 Å². The van der Waals surface area contributed by atoms with E-state index in [1.54, 1.807) is 12.4 Å². The molecule has 3 rings (SSSR count). The molecule has 2 aromatic rings. The van der Waals surface area contributed by atoms with E-state index in [9.17, 15) is 4.79 Å². The molecule has 7 heteroatoms. The van der Waals surface area contributed by atoms with Gasteiger partial charge in [-0.2, -0.15) is 4.98 Å². The first-order valence-corrected chi connectivity index (χ1v) is 9.35. The van der Waals surface area contributed by atoms with Crippen LogP contribution in [-0.4, -0.2) is 51.6 Å². The van der Waals surface area contributed by atoms with Crippen LogP contribution in [-0.2, 0) is 11.2 Å². The normalized spacial score (nSPS) is 16.1. The van der Waals surface area contributed by atoms with Gasteiger partial charge in [0.2, 0.25) is 17.6 Å². The Labute approximate surface area is 154 Å². The molecule has 0 aromatic carbocycles. The molecule has 1 fully saturated rings. The molecule has 0 radical (unpaired) electrons. The summed E-state index contributed by atoms with van der Waals surface area (Å²) in [7, 11) is 0. The van der Waals surface area contributed by atoms with Crippen molar-refractivity contribution in [2.45, 2.75) is 45.6 Å². The Morgan fingerprint density at radius 2 is 2.04 bits per heavy atom. The summed E-state index contributed by atoms with van der Waals surface area (Å²) < 4.78 is 5.24. The lowest BCUT2D eigenvalue weighted by Gasteiger charge is -2.33. The highest BCUT2D eigenvalue weighted by Gasteiger charge is 2.21. The van der Waals surface area contributed by atoms with E-state index in [4.69, 9.17) is 4.52 Å². The summed E-state index contributed by atoms with van der Waals surface area (Å²) in [6.45, 7) is 7.73. The van der Waals surface area contributed by atoms with Crippen molar-refractivity contribution < 1.29 is 9.32 Å². The first-order chi connectivity index (χ1) is 12.6. The SMILES string of the molecule is CC(C)CN1CCC(NC(=O)CCc2nc(-c3ccncc3)no2)CC1. The third-order valence-corrected chi connectivity index (χ3v) is 4.55. The maximum atomic E-state index is 12.2. The number of carbonyl (C=O) groups is 1. The molecule has 7 nitrogen and oxygen atoms in total. The number of hydrogen-bond acceptors (Lipinski definition) is 6. The largest absolute Gasteiger partial charge is 0.353 e. The van der Waals surface area contributed by atoms with Gasteiger partial charge in [-0.1, -0.05) is 19.0 Å². The maximum Gasteiger partial charge on any atom is 0.227 e. The summed E-state index contributed by atoms with van der Waals surface area (Å²) in [5.74, 6) is 1.75. The number of aromatic nitrogens is 3. The average molecular weight is 357 g/mol. The number of pyridine rings is 1. The number of piperidine rings is 1. The second-order valence-electron chi connectivity index (χ2n) is 7.28. The number of amides is 1. The Hall–Kier alpha value is -2.28. The van der Waals surface area contributed by atoms with Crippen LogP contribution in [0.5, 0.6) is 0 Å². The predicted molar refractivity (Wildman–Crippen MR) is 98.3 cm³/mol. The molecule has 1 saturated heterocycles. The third kappa shape index (κ3) is 5.36. The maximum absolute atomic E-state index is 12.2. The predicted octanol–water partition coefficient (Wildman–Crippen LogP) is 2.30. The van der Waals surface area contributed by atoms with E-state index < -0.39 is 0 Å². The molecule has 1 amide bonds. The van der Waals surface area contributed by atoms with Crippen molar-refractivity contribution in [1.82, 2.24) is 25.3 Å². The fraction of sp³-hybridized carbons (Fsp3) is 0.579. The number of likely N-dealkylation sites (tertiary alicyclic amines) is 1. The molecule has 2 aromatic heterocycles. The monoisotopic (exact) mass is 357 g/mol. The van der Waals surface area contributed by atoms with Crippen molar-refractivity contribution >= 4 is 5.91 Å². The minimum absolute atomic E-state index is 0.0518. The minimum atomic E-state index is 0.0518. The summed E-state index contributed by atoms with van der Waals surface area (Å²) in [5.41, 5.74) is 0.854. The van der Waals surface area contributed by atoms with E-state index >= 15 is 0 Å². The summed E-state index contributed by atoms with van der Waals surface area (Å²) in [6, 6.07) is 3.93. The van der Waals surface area contributed by atoms with Crippen LogP contribution in [0.3, 0.4) is 0 Å². The van der Waals surface area contributed by atoms with Gasteiger partial charge >= 0.3 is 0 Å². The highest BCUT2D eigenvalue weighted by atomic mass is 16.5. The van der Waals surface area contributed by atoms with Crippen LogP contribution in [0.25, 0.3) is 11.4 Å². The van der Waals surface area contributed by atoms with E-state index in [1.807, 2.05) is 12.1 Å². The summed E-state index contributed by atoms with van der Waals surface area (Å²) >= 11 is 0. The van der Waals surface area contributed by atoms with Crippen molar-refractivity contribution in [3.63, 3.8) is 0 Å². The quantitative estimate of drug-likeness (QED) is 0.818. The van der Waals surface area contributed by atoms with Gasteiger partial charge in [-0.3, -0.25) is 9.78 Å². The first kappa shape index (κ1) is 18.5. The van der Waals surface area contributed by atoms with Crippen LogP contribution in [0.15, 0.2) is 29.0 Å². The number of nitrogens with one attached hydrogen (secondary N) is 1. The number of hydrogen-bond donors (Lipinski definition) is 1. The molecule has 140 valence electrons. The topological polar surface area (TPSA) is 84.2 Å². The Morgan fingerprint density at radius 1 is 1.31 bits per heavy atom. The Balaban J connectivity index is 1.40. The molecule has 3 heterocycles. The van der Waals surface area contributed by atoms with Crippen LogP contribution >= 0.6 is 0 Å². The fourth-order valence-electron chi connectivity index (χ4n) is 3.27. The van der Waals surface area contributed by atoms with Gasteiger partial charge in [-0.25, -0.2) is 0 Å². The number of rotatable bonds is 7. The van der Waals surface area contributed by atoms with E-state index in [2.05, 4.69) is 39.2 Å². The van der Waals surface area contributed by atoms with Gasteiger partial charge in [0.05, 0.1) is 0 Å². The Kier molecular flexibility index (Phi) is 6.33. The van der Waals surface area contributed by atoms with Crippen LogP contribution in [0.1, 0.15) is 39.0 Å². The van der Waals surface area contributed by atoms with Gasteiger partial charge in [0.25, 0.3) is 0 Å². The van der Waals surface area contributed by atoms with Crippen molar-refractivity contribution in [3.05, 3.63) is 30.4 Å². The number of nitrogens with zero attached hydrogens (tertiary/aromatic N) is 4. The second kappa shape index (κ2) is 8.89. The molecule has 0 bridgehead atoms. The van der Waals surface area contributed by atoms with Crippen molar-refractivity contribution in [2.24, 2.45) is 5.92 Å². The molecule has 0 unspecified atom stereocenters. The Bertz CT molecular complexity index is 693. The second-order valence-corrected chi connectivity index (χ2v) is 7.28. The van der Waals surface area contributed by atoms with Crippen LogP contribution < -0.4 is 5.32 Å². The highest BCUT2D eigenvalue weighted by Crippen LogP contribution is 2.15. The highest BCUT2D eigenvalue weighted by molar-refractivity contribution is 5.76. The molecule has 1 aliphatic rings. The zero-order valence-corrected chi connectivity index (χ0v) is 15.5. The van der Waals surface area contributed by atoms with Crippen LogP contribution in [0, 0.1) is 5.92 Å². The van der Waals surface area contributed by atoms with Crippen LogP contribution in [0.4, 0.5) is 0 Å². The molecule has 0 aliphatic carbocycles. The third-order valence-electron chi connectivity index (χ3n) is 4.55. The van der Waals surface area contributed by atoms with Gasteiger partial charge in [0.15, 0.2) is 0 Å². The lowest BCUT2D eigenvalue weighted by atomic mass is 10.0. The average Bonchev–Trinajstić information content (AvgIpc) is 3.11. The van der Waals surface area contributed by atoms with E-state index in [0.29, 0.717) is 30.5 Å². The summed E-state index contributed by atoms with van der Waals surface area (Å²) in [6.07, 6.45) is 6.23. The number of aryl methyl sites for hydroxylation is 1.